The highest BCUT2D eigenvalue weighted by molar-refractivity contribution is 5.37. The van der Waals surface area contributed by atoms with Crippen molar-refractivity contribution in [1.82, 2.24) is 20.1 Å². The Bertz CT molecular complexity index is 632. The largest absolute Gasteiger partial charge is 0.355 e. The van der Waals surface area contributed by atoms with E-state index in [-0.39, 0.29) is 0 Å². The molecule has 1 saturated heterocycles. The number of nitrogens with zero attached hydrogens (tertiary/aromatic N) is 5. The minimum Gasteiger partial charge on any atom is -0.355 e. The van der Waals surface area contributed by atoms with Gasteiger partial charge in [-0.25, -0.2) is 0 Å². The Kier molecular flexibility index (Phi) is 3.95. The molecule has 1 saturated carbocycles. The van der Waals surface area contributed by atoms with E-state index in [9.17, 15) is 0 Å². The fraction of sp³-hybridized carbons (Fsp3) is 0.500. The van der Waals surface area contributed by atoms with Crippen LogP contribution < -0.4 is 4.90 Å². The fourth-order valence-electron chi connectivity index (χ4n) is 4.31. The van der Waals surface area contributed by atoms with E-state index in [1.165, 1.54) is 25.1 Å². The lowest BCUT2D eigenvalue weighted by molar-refractivity contribution is 0.293. The molecule has 5 nitrogen and oxygen atoms in total. The molecule has 5 heteroatoms. The first-order valence-electron chi connectivity index (χ1n) is 8.44. The minimum absolute atomic E-state index is 0.574. The Morgan fingerprint density at radius 3 is 2.87 bits per heavy atom. The average molecular weight is 309 g/mol. The number of pyridine rings is 1. The first-order chi connectivity index (χ1) is 11.3. The van der Waals surface area contributed by atoms with Gasteiger partial charge >= 0.3 is 0 Å². The highest BCUT2D eigenvalue weighted by atomic mass is 15.3. The molecule has 0 unspecified atom stereocenters. The Balaban J connectivity index is 1.43. The van der Waals surface area contributed by atoms with Crippen LogP contribution >= 0.6 is 0 Å². The molecule has 2 aliphatic rings. The van der Waals surface area contributed by atoms with Crippen LogP contribution in [0.4, 0.5) is 5.82 Å². The smallest absolute Gasteiger partial charge is 0.151 e. The first kappa shape index (κ1) is 14.6. The Morgan fingerprint density at radius 1 is 1.13 bits per heavy atom. The van der Waals surface area contributed by atoms with Crippen LogP contribution in [0.15, 0.2) is 42.7 Å². The molecule has 0 spiro atoms. The van der Waals surface area contributed by atoms with Crippen molar-refractivity contribution in [3.63, 3.8) is 0 Å². The van der Waals surface area contributed by atoms with Gasteiger partial charge < -0.3 is 4.90 Å². The SMILES string of the molecule is CN(c1cccnn1)[C@@H]1CC[C@@H]2CN(Cc3ccccn3)C[C@@H]21. The van der Waals surface area contributed by atoms with Crippen molar-refractivity contribution >= 4 is 5.82 Å². The van der Waals surface area contributed by atoms with Gasteiger partial charge in [-0.2, -0.15) is 5.10 Å². The molecule has 3 atom stereocenters. The lowest BCUT2D eigenvalue weighted by Crippen LogP contribution is -2.38. The first-order valence-corrected chi connectivity index (χ1v) is 8.44. The van der Waals surface area contributed by atoms with Crippen molar-refractivity contribution in [2.45, 2.75) is 25.4 Å². The zero-order valence-electron chi connectivity index (χ0n) is 13.5. The maximum absolute atomic E-state index is 4.47. The molecule has 0 radical (unpaired) electrons. The normalized spacial score (nSPS) is 27.1. The van der Waals surface area contributed by atoms with Gasteiger partial charge in [-0.3, -0.25) is 9.88 Å². The molecule has 4 rings (SSSR count). The third kappa shape index (κ3) is 2.93. The lowest BCUT2D eigenvalue weighted by Gasteiger charge is -2.30. The number of fused-ring (bicyclic) bond motifs is 1. The van der Waals surface area contributed by atoms with E-state index in [1.807, 2.05) is 18.3 Å². The molecule has 3 heterocycles. The van der Waals surface area contributed by atoms with Crippen molar-refractivity contribution in [1.29, 1.82) is 0 Å². The molecular weight excluding hydrogens is 286 g/mol. The number of rotatable bonds is 4. The lowest BCUT2D eigenvalue weighted by atomic mass is 9.97. The van der Waals surface area contributed by atoms with Crippen LogP contribution in [0.5, 0.6) is 0 Å². The Hall–Kier alpha value is -2.01. The summed E-state index contributed by atoms with van der Waals surface area (Å²) in [6.45, 7) is 3.33. The minimum atomic E-state index is 0.574. The maximum atomic E-state index is 4.47. The van der Waals surface area contributed by atoms with E-state index in [1.54, 1.807) is 6.20 Å². The van der Waals surface area contributed by atoms with Crippen molar-refractivity contribution in [2.75, 3.05) is 25.0 Å². The predicted octanol–water partition coefficient (Wildman–Crippen LogP) is 2.22. The average Bonchev–Trinajstić information content (AvgIpc) is 3.16. The quantitative estimate of drug-likeness (QED) is 0.866. The Labute approximate surface area is 137 Å². The van der Waals surface area contributed by atoms with Crippen LogP contribution in [0.2, 0.25) is 0 Å². The van der Waals surface area contributed by atoms with Crippen LogP contribution in [0.25, 0.3) is 0 Å². The van der Waals surface area contributed by atoms with Crippen LogP contribution in [0.3, 0.4) is 0 Å². The summed E-state index contributed by atoms with van der Waals surface area (Å²) >= 11 is 0. The van der Waals surface area contributed by atoms with Gasteiger partial charge in [0.1, 0.15) is 0 Å². The molecule has 1 aliphatic heterocycles. The molecular formula is C18H23N5. The van der Waals surface area contributed by atoms with E-state index in [0.717, 1.165) is 30.7 Å². The molecule has 120 valence electrons. The maximum Gasteiger partial charge on any atom is 0.151 e. The van der Waals surface area contributed by atoms with E-state index in [2.05, 4.69) is 50.2 Å². The summed E-state index contributed by atoms with van der Waals surface area (Å²) < 4.78 is 0. The highest BCUT2D eigenvalue weighted by Crippen LogP contribution is 2.41. The summed E-state index contributed by atoms with van der Waals surface area (Å²) in [6, 6.07) is 10.8. The summed E-state index contributed by atoms with van der Waals surface area (Å²) in [4.78, 5) is 9.37. The molecule has 0 bridgehead atoms. The number of anilines is 1. The second kappa shape index (κ2) is 6.24. The summed E-state index contributed by atoms with van der Waals surface area (Å²) in [7, 11) is 2.17. The number of hydrogen-bond donors (Lipinski definition) is 0. The van der Waals surface area contributed by atoms with Crippen LogP contribution in [-0.4, -0.2) is 46.3 Å². The monoisotopic (exact) mass is 309 g/mol. The van der Waals surface area contributed by atoms with Crippen LogP contribution in [0, 0.1) is 11.8 Å². The standard InChI is InChI=1S/C18H23N5/c1-22(18-6-4-10-20-21-18)17-8-7-14-11-23(13-16(14)17)12-15-5-2-3-9-19-15/h2-6,9-10,14,16-17H,7-8,11-13H2,1H3/t14-,16+,17-/m1/s1. The van der Waals surface area contributed by atoms with E-state index < -0.39 is 0 Å². The van der Waals surface area contributed by atoms with Crippen molar-refractivity contribution in [3.05, 3.63) is 48.4 Å². The highest BCUT2D eigenvalue weighted by Gasteiger charge is 2.44. The van der Waals surface area contributed by atoms with Crippen molar-refractivity contribution in [3.8, 4) is 0 Å². The molecule has 0 amide bonds. The van der Waals surface area contributed by atoms with Crippen LogP contribution in [0.1, 0.15) is 18.5 Å². The molecule has 2 aromatic rings. The van der Waals surface area contributed by atoms with Gasteiger partial charge in [-0.15, -0.1) is 5.10 Å². The third-order valence-electron chi connectivity index (χ3n) is 5.42. The Morgan fingerprint density at radius 2 is 2.09 bits per heavy atom. The molecule has 0 N–H and O–H groups in total. The number of hydrogen-bond acceptors (Lipinski definition) is 5. The summed E-state index contributed by atoms with van der Waals surface area (Å²) in [6.07, 6.45) is 6.20. The number of aromatic nitrogens is 3. The fourth-order valence-corrected chi connectivity index (χ4v) is 4.31. The van der Waals surface area contributed by atoms with Crippen LogP contribution in [-0.2, 0) is 6.54 Å². The van der Waals surface area contributed by atoms with Crippen molar-refractivity contribution < 1.29 is 0 Å². The molecule has 23 heavy (non-hydrogen) atoms. The molecule has 1 aliphatic carbocycles. The third-order valence-corrected chi connectivity index (χ3v) is 5.42. The number of likely N-dealkylation sites (tertiary alicyclic amines) is 1. The van der Waals surface area contributed by atoms with Gasteiger partial charge in [0, 0.05) is 45.1 Å². The van der Waals surface area contributed by atoms with Gasteiger partial charge in [0.15, 0.2) is 5.82 Å². The summed E-state index contributed by atoms with van der Waals surface area (Å²) in [5.74, 6) is 2.52. The summed E-state index contributed by atoms with van der Waals surface area (Å²) in [5, 5.41) is 8.30. The summed E-state index contributed by atoms with van der Waals surface area (Å²) in [5.41, 5.74) is 1.17. The van der Waals surface area contributed by atoms with Gasteiger partial charge in [0.05, 0.1) is 5.69 Å². The molecule has 0 aromatic carbocycles. The zero-order chi connectivity index (χ0) is 15.6. The molecule has 2 fully saturated rings. The van der Waals surface area contributed by atoms with E-state index >= 15 is 0 Å². The van der Waals surface area contributed by atoms with Gasteiger partial charge in [-0.05, 0) is 48.9 Å². The predicted molar refractivity (Wildman–Crippen MR) is 90.0 cm³/mol. The second-order valence-corrected chi connectivity index (χ2v) is 6.78. The molecule has 2 aromatic heterocycles. The van der Waals surface area contributed by atoms with E-state index in [4.69, 9.17) is 0 Å². The van der Waals surface area contributed by atoms with Crippen molar-refractivity contribution in [2.24, 2.45) is 11.8 Å². The second-order valence-electron chi connectivity index (χ2n) is 6.78. The van der Waals surface area contributed by atoms with Gasteiger partial charge in [-0.1, -0.05) is 6.07 Å². The van der Waals surface area contributed by atoms with E-state index in [0.29, 0.717) is 6.04 Å². The van der Waals surface area contributed by atoms with Gasteiger partial charge in [0.25, 0.3) is 0 Å². The topological polar surface area (TPSA) is 45.2 Å². The zero-order valence-corrected chi connectivity index (χ0v) is 13.5. The van der Waals surface area contributed by atoms with Gasteiger partial charge in [0.2, 0.25) is 0 Å².